The van der Waals surface area contributed by atoms with E-state index in [1.807, 2.05) is 24.3 Å². The molecule has 256 valence electrons. The smallest absolute Gasteiger partial charge is 0.657 e. The van der Waals surface area contributed by atoms with Crippen molar-refractivity contribution in [3.63, 3.8) is 0 Å². The van der Waals surface area contributed by atoms with Crippen molar-refractivity contribution in [1.29, 1.82) is 0 Å². The molecule has 4 aromatic rings. The van der Waals surface area contributed by atoms with Gasteiger partial charge in [-0.1, -0.05) is 84.6 Å². The zero-order chi connectivity index (χ0) is 35.1. The Morgan fingerprint density at radius 1 is 0.569 bits per heavy atom. The van der Waals surface area contributed by atoms with Gasteiger partial charge in [0, 0.05) is 25.9 Å². The molecule has 10 rings (SSSR count). The number of carbonyl (C=O) groups is 2. The largest absolute Gasteiger partial charge is 2.00 e. The summed E-state index contributed by atoms with van der Waals surface area (Å²) in [6.07, 6.45) is 3.43. The van der Waals surface area contributed by atoms with Gasteiger partial charge in [-0.15, -0.1) is 22.1 Å². The molecule has 9 heterocycles. The van der Waals surface area contributed by atoms with Gasteiger partial charge in [-0.2, -0.15) is 0 Å². The van der Waals surface area contributed by atoms with Crippen LogP contribution in [0.2, 0.25) is 0 Å². The van der Waals surface area contributed by atoms with Gasteiger partial charge in [0.05, 0.1) is 22.8 Å². The molecule has 0 spiro atoms. The number of nitrogens with one attached hydrogen (secondary N) is 2. The van der Waals surface area contributed by atoms with Crippen molar-refractivity contribution in [2.75, 3.05) is 0 Å². The first kappa shape index (κ1) is 36.2. The predicted octanol–water partition coefficient (Wildman–Crippen LogP) is 7.68. The molecule has 0 saturated carbocycles. The molecule has 0 saturated heterocycles. The Bertz CT molecular complexity index is 2110. The maximum atomic E-state index is 13.2. The monoisotopic (exact) mass is 728 g/mol. The number of carbonyl (C=O) groups excluding carboxylic acids is 2. The van der Waals surface area contributed by atoms with Crippen molar-refractivity contribution >= 4 is 56.2 Å². The van der Waals surface area contributed by atoms with Gasteiger partial charge in [0.1, 0.15) is 0 Å². The molecule has 0 fully saturated rings. The van der Waals surface area contributed by atoms with Crippen molar-refractivity contribution in [2.45, 2.75) is 93.2 Å². The molecule has 8 nitrogen and oxygen atoms in total. The Labute approximate surface area is 312 Å². The van der Waals surface area contributed by atoms with Gasteiger partial charge in [0.25, 0.3) is 0 Å². The average molecular weight is 730 g/mol. The van der Waals surface area contributed by atoms with Crippen molar-refractivity contribution in [3.8, 4) is 0 Å². The van der Waals surface area contributed by atoms with Crippen LogP contribution in [0.15, 0.2) is 48.5 Å². The topological polar surface area (TPSA) is 112 Å². The van der Waals surface area contributed by atoms with Crippen LogP contribution in [0, 0.1) is 13.8 Å². The molecule has 0 atom stereocenters. The van der Waals surface area contributed by atoms with Crippen LogP contribution in [-0.2, 0) is 55.0 Å². The molecule has 6 aliphatic rings. The number of allylic oxidation sites excluding steroid dienone is 4. The number of hydrogen-bond acceptors (Lipinski definition) is 4. The molecule has 6 aliphatic heterocycles. The third-order valence-corrected chi connectivity index (χ3v) is 10.6. The van der Waals surface area contributed by atoms with E-state index in [1.54, 1.807) is 0 Å². The number of nitrogens with zero attached hydrogens (tertiary/aromatic N) is 4. The van der Waals surface area contributed by atoms with Gasteiger partial charge in [-0.05, 0) is 86.8 Å². The maximum Gasteiger partial charge on any atom is 2.00 e. The summed E-state index contributed by atoms with van der Waals surface area (Å²) in [5, 5.41) is 6.18. The summed E-state index contributed by atoms with van der Waals surface area (Å²) in [4.78, 5) is 47.0. The van der Waals surface area contributed by atoms with Crippen molar-refractivity contribution in [2.24, 2.45) is 0 Å². The summed E-state index contributed by atoms with van der Waals surface area (Å²) >= 11 is 0. The van der Waals surface area contributed by atoms with Crippen molar-refractivity contribution < 1.29 is 29.1 Å². The van der Waals surface area contributed by atoms with E-state index < -0.39 is 0 Å². The second kappa shape index (κ2) is 14.9. The second-order valence-electron chi connectivity index (χ2n) is 13.6. The van der Waals surface area contributed by atoms with Crippen molar-refractivity contribution in [1.82, 2.24) is 30.6 Å². The Balaban J connectivity index is 0.00000448. The van der Waals surface area contributed by atoms with Crippen LogP contribution >= 0.6 is 0 Å². The molecule has 1 aromatic carbocycles. The van der Waals surface area contributed by atoms with Crippen LogP contribution in [-0.4, -0.2) is 21.8 Å². The van der Waals surface area contributed by atoms with E-state index in [4.69, 9.17) is 19.9 Å². The van der Waals surface area contributed by atoms with E-state index in [1.165, 1.54) is 11.1 Å². The standard InChI is InChI=1S/C42H46N6O2.Zn/c1-7-29-23(3)33-19-39-32-14-16-42(50)44-22-28-11-9-27(10-12-28)21-43-41(49)15-13-31-25(5)35(17-37(29)45-33)47-40(31)20-34-24(4)30(8-2)38(46-34)18-36(48-39)26(32)6;/h9-12,17-20H,7-8,13-16,21-22H2,1-6H3,(H4,43,44,45,46,47,48,49,50);/q;+2/p-2. The average Bonchev–Trinajstić information content (AvgIpc) is 3.77. The normalized spacial score (nSPS) is 15.4. The van der Waals surface area contributed by atoms with Crippen LogP contribution in [0.25, 0.3) is 44.4 Å². The number of amides is 2. The van der Waals surface area contributed by atoms with E-state index in [2.05, 4.69) is 76.4 Å². The van der Waals surface area contributed by atoms with E-state index in [-0.39, 0.29) is 31.3 Å². The first-order valence-electron chi connectivity index (χ1n) is 17.8. The van der Waals surface area contributed by atoms with E-state index in [0.29, 0.717) is 38.8 Å². The Kier molecular flexibility index (Phi) is 10.6. The Morgan fingerprint density at radius 2 is 0.941 bits per heavy atom. The number of aryl methyl sites for hydroxylation is 4. The predicted molar refractivity (Wildman–Crippen MR) is 201 cm³/mol. The number of benzene rings is 1. The number of aromatic nitrogens is 4. The molecule has 2 N–H and O–H groups in total. The third kappa shape index (κ3) is 7.14. The molecule has 12 bridgehead atoms. The van der Waals surface area contributed by atoms with Crippen LogP contribution in [0.4, 0.5) is 0 Å². The molecule has 51 heavy (non-hydrogen) atoms. The van der Waals surface area contributed by atoms with Crippen LogP contribution in [0.1, 0.15) is 110 Å². The minimum Gasteiger partial charge on any atom is -0.657 e. The summed E-state index contributed by atoms with van der Waals surface area (Å²) in [6, 6.07) is 16.4. The van der Waals surface area contributed by atoms with Gasteiger partial charge in [0.2, 0.25) is 11.8 Å². The molecule has 3 aromatic heterocycles. The Morgan fingerprint density at radius 3 is 1.31 bits per heavy atom. The minimum atomic E-state index is -0.0167. The summed E-state index contributed by atoms with van der Waals surface area (Å²) in [7, 11) is 0. The molecular formula is C42H44N6O2Zn. The number of rotatable bonds is 2. The fraction of sp³-hybridized carbons (Fsp3) is 0.333. The molecule has 2 amide bonds. The van der Waals surface area contributed by atoms with Crippen molar-refractivity contribution in [3.05, 3.63) is 105 Å². The SMILES string of the molecule is CCC1=C(C)c2cc3[n-]c4cc5nc(cc6[n-]c(cc1n2)c(C)c6CCC(=O)NCc1ccc(cc1)CNC(=O)CCc3c4C)C(C)=C5CC.[Zn+2]. The summed E-state index contributed by atoms with van der Waals surface area (Å²) < 4.78 is 0. The van der Waals surface area contributed by atoms with Gasteiger partial charge in [0.15, 0.2) is 0 Å². The molecule has 9 heteroatoms. The molecule has 0 unspecified atom stereocenters. The minimum absolute atomic E-state index is 0. The summed E-state index contributed by atoms with van der Waals surface area (Å²) in [5.74, 6) is -0.0335. The van der Waals surface area contributed by atoms with E-state index in [0.717, 1.165) is 102 Å². The van der Waals surface area contributed by atoms with Gasteiger partial charge in [-0.3, -0.25) is 9.59 Å². The second-order valence-corrected chi connectivity index (χ2v) is 13.6. The third-order valence-electron chi connectivity index (χ3n) is 10.6. The fourth-order valence-corrected chi connectivity index (χ4v) is 7.42. The zero-order valence-electron chi connectivity index (χ0n) is 30.6. The van der Waals surface area contributed by atoms with Gasteiger partial charge >= 0.3 is 19.5 Å². The summed E-state index contributed by atoms with van der Waals surface area (Å²) in [5.41, 5.74) is 17.8. The summed E-state index contributed by atoms with van der Waals surface area (Å²) in [6.45, 7) is 13.6. The fourth-order valence-electron chi connectivity index (χ4n) is 7.42. The van der Waals surface area contributed by atoms with E-state index >= 15 is 0 Å². The van der Waals surface area contributed by atoms with Gasteiger partial charge in [-0.25, -0.2) is 9.97 Å². The van der Waals surface area contributed by atoms with Crippen LogP contribution in [0.3, 0.4) is 0 Å². The van der Waals surface area contributed by atoms with Crippen LogP contribution in [0.5, 0.6) is 0 Å². The van der Waals surface area contributed by atoms with E-state index in [9.17, 15) is 9.59 Å². The maximum absolute atomic E-state index is 13.2. The molecular weight excluding hydrogens is 686 g/mol. The Hall–Kier alpha value is -4.62. The zero-order valence-corrected chi connectivity index (χ0v) is 33.6. The quantitative estimate of drug-likeness (QED) is 0.205. The molecule has 0 radical (unpaired) electrons. The first-order chi connectivity index (χ1) is 24.1. The number of hydrogen-bond donors (Lipinski definition) is 2. The van der Waals surface area contributed by atoms with Crippen LogP contribution < -0.4 is 20.6 Å². The molecule has 0 aliphatic carbocycles. The first-order valence-corrected chi connectivity index (χ1v) is 17.8. The van der Waals surface area contributed by atoms with Gasteiger partial charge < -0.3 is 20.6 Å².